The Morgan fingerprint density at radius 1 is 0.872 bits per heavy atom. The topological polar surface area (TPSA) is 141 Å². The normalized spacial score (nSPS) is 25.3. The molecule has 244 valence electrons. The van der Waals surface area contributed by atoms with Gasteiger partial charge in [0.2, 0.25) is 5.78 Å². The molecule has 0 fully saturated rings. The van der Waals surface area contributed by atoms with E-state index in [0.29, 0.717) is 16.9 Å². The molecule has 8 nitrogen and oxygen atoms in total. The van der Waals surface area contributed by atoms with Crippen LogP contribution in [-0.2, 0) is 28.9 Å². The quantitative estimate of drug-likeness (QED) is 0.158. The van der Waals surface area contributed by atoms with E-state index >= 15 is 0 Å². The van der Waals surface area contributed by atoms with E-state index in [1.165, 1.54) is 11.6 Å². The van der Waals surface area contributed by atoms with Crippen molar-refractivity contribution in [1.29, 1.82) is 0 Å². The number of allylic oxidation sites excluding steroid dienone is 2. The van der Waals surface area contributed by atoms with Gasteiger partial charge in [0.1, 0.15) is 28.6 Å². The van der Waals surface area contributed by atoms with Crippen LogP contribution in [0.25, 0.3) is 11.1 Å². The molecule has 0 heterocycles. The van der Waals surface area contributed by atoms with E-state index in [2.05, 4.69) is 18.2 Å². The van der Waals surface area contributed by atoms with Crippen LogP contribution in [0.1, 0.15) is 73.5 Å². The summed E-state index contributed by atoms with van der Waals surface area (Å²) in [5.74, 6) is -3.55. The number of aromatic hydroxyl groups is 1. The number of carbonyl (C=O) groups excluding carboxylic acids is 3. The standard InChI is InChI=1S/C39H40O8/c1-22(40)31-29(42)20-38(3)21-37(2)19-27-25(15-16-28(41)32(27)34(43)33(37)36(45)39(38,46)35(31)44)26-18-24(14-17-30(26)47-4)13-9-8-12-23-10-6-5-7-11-23/h5-7,10-11,14-18,41-42,45-46H,8-9,12-13,19-21H2,1-4H3/t37-,38+,39+/m1/s1. The summed E-state index contributed by atoms with van der Waals surface area (Å²) in [4.78, 5) is 40.2. The number of methoxy groups -OCH3 is 1. The van der Waals surface area contributed by atoms with Crippen molar-refractivity contribution in [2.45, 2.75) is 71.3 Å². The highest BCUT2D eigenvalue weighted by Crippen LogP contribution is 2.62. The Morgan fingerprint density at radius 2 is 1.55 bits per heavy atom. The Balaban J connectivity index is 1.41. The van der Waals surface area contributed by atoms with Gasteiger partial charge in [0.05, 0.1) is 12.7 Å². The Bertz CT molecular complexity index is 1890. The second-order valence-electron chi connectivity index (χ2n) is 13.8. The van der Waals surface area contributed by atoms with E-state index in [0.717, 1.165) is 43.7 Å². The molecule has 3 aliphatic rings. The van der Waals surface area contributed by atoms with Crippen LogP contribution in [0.3, 0.4) is 0 Å². The second kappa shape index (κ2) is 11.5. The van der Waals surface area contributed by atoms with Gasteiger partial charge in [0.25, 0.3) is 0 Å². The number of Topliss-reactive ketones (excluding diaryl/α,β-unsaturated/α-hetero) is 3. The van der Waals surface area contributed by atoms with Crippen LogP contribution in [-0.4, -0.2) is 50.5 Å². The largest absolute Gasteiger partial charge is 0.511 e. The predicted octanol–water partition coefficient (Wildman–Crippen LogP) is 6.71. The average molecular weight is 637 g/mol. The van der Waals surface area contributed by atoms with Gasteiger partial charge in [-0.15, -0.1) is 0 Å². The molecule has 0 saturated carbocycles. The van der Waals surface area contributed by atoms with Crippen LogP contribution in [0.4, 0.5) is 0 Å². The number of rotatable bonds is 8. The van der Waals surface area contributed by atoms with Gasteiger partial charge in [-0.3, -0.25) is 14.4 Å². The van der Waals surface area contributed by atoms with Crippen LogP contribution in [0.15, 0.2) is 83.3 Å². The third-order valence-electron chi connectivity index (χ3n) is 10.5. The zero-order chi connectivity index (χ0) is 33.9. The van der Waals surface area contributed by atoms with E-state index in [4.69, 9.17) is 4.74 Å². The van der Waals surface area contributed by atoms with E-state index in [-0.39, 0.29) is 36.1 Å². The molecule has 3 aliphatic carbocycles. The minimum atomic E-state index is -2.60. The maximum atomic E-state index is 14.3. The summed E-state index contributed by atoms with van der Waals surface area (Å²) in [6, 6.07) is 19.5. The Labute approximate surface area is 274 Å². The molecule has 8 heteroatoms. The third kappa shape index (κ3) is 4.97. The summed E-state index contributed by atoms with van der Waals surface area (Å²) in [5.41, 5.74) is -1.47. The molecule has 0 aliphatic heterocycles. The van der Waals surface area contributed by atoms with Crippen molar-refractivity contribution in [3.8, 4) is 22.6 Å². The summed E-state index contributed by atoms with van der Waals surface area (Å²) in [5, 5.41) is 45.4. The van der Waals surface area contributed by atoms with Gasteiger partial charge in [-0.2, -0.15) is 0 Å². The number of benzene rings is 3. The molecule has 0 spiro atoms. The summed E-state index contributed by atoms with van der Waals surface area (Å²) in [6.07, 6.45) is 3.81. The molecule has 0 bridgehead atoms. The number of phenolic OH excluding ortho intramolecular Hbond substituents is 1. The number of hydrogen-bond acceptors (Lipinski definition) is 8. The van der Waals surface area contributed by atoms with Gasteiger partial charge < -0.3 is 25.2 Å². The number of carbonyl (C=O) groups is 3. The van der Waals surface area contributed by atoms with Gasteiger partial charge >= 0.3 is 0 Å². The van der Waals surface area contributed by atoms with E-state index in [1.807, 2.05) is 30.3 Å². The molecule has 0 saturated heterocycles. The highest BCUT2D eigenvalue weighted by atomic mass is 16.5. The molecule has 4 N–H and O–H groups in total. The van der Waals surface area contributed by atoms with Crippen molar-refractivity contribution in [2.75, 3.05) is 7.11 Å². The minimum absolute atomic E-state index is 0.0162. The van der Waals surface area contributed by atoms with Crippen molar-refractivity contribution in [3.63, 3.8) is 0 Å². The van der Waals surface area contributed by atoms with Crippen molar-refractivity contribution < 1.29 is 39.5 Å². The van der Waals surface area contributed by atoms with Crippen LogP contribution in [0.2, 0.25) is 0 Å². The monoisotopic (exact) mass is 636 g/mol. The van der Waals surface area contributed by atoms with Crippen LogP contribution >= 0.6 is 0 Å². The van der Waals surface area contributed by atoms with Crippen molar-refractivity contribution in [3.05, 3.63) is 106 Å². The first-order chi connectivity index (χ1) is 22.3. The molecular formula is C39H40O8. The number of ether oxygens (including phenoxy) is 1. The fourth-order valence-electron chi connectivity index (χ4n) is 8.33. The number of ketones is 3. The molecule has 0 unspecified atom stereocenters. The number of unbranched alkanes of at least 4 members (excludes halogenated alkanes) is 1. The fraction of sp³-hybridized carbons (Fsp3) is 0.359. The molecule has 0 amide bonds. The fourth-order valence-corrected chi connectivity index (χ4v) is 8.33. The molecule has 3 atom stereocenters. The number of phenols is 1. The Morgan fingerprint density at radius 3 is 2.21 bits per heavy atom. The molecule has 3 aromatic rings. The zero-order valence-electron chi connectivity index (χ0n) is 27.1. The molecule has 0 radical (unpaired) electrons. The molecular weight excluding hydrogens is 596 g/mol. The molecule has 47 heavy (non-hydrogen) atoms. The Hall–Kier alpha value is -4.69. The van der Waals surface area contributed by atoms with E-state index < -0.39 is 50.9 Å². The average Bonchev–Trinajstić information content (AvgIpc) is 3.01. The van der Waals surface area contributed by atoms with Gasteiger partial charge in [-0.1, -0.05) is 56.3 Å². The smallest absolute Gasteiger partial charge is 0.209 e. The van der Waals surface area contributed by atoms with Crippen LogP contribution in [0.5, 0.6) is 11.5 Å². The van der Waals surface area contributed by atoms with Crippen LogP contribution < -0.4 is 4.74 Å². The maximum Gasteiger partial charge on any atom is 0.209 e. The minimum Gasteiger partial charge on any atom is -0.511 e. The first-order valence-corrected chi connectivity index (χ1v) is 16.0. The Kier molecular flexibility index (Phi) is 7.91. The molecule has 0 aromatic heterocycles. The number of hydrogen-bond donors (Lipinski definition) is 4. The number of fused-ring (bicyclic) bond motifs is 3. The van der Waals surface area contributed by atoms with Gasteiger partial charge in [0.15, 0.2) is 17.2 Å². The number of aliphatic hydroxyl groups is 3. The van der Waals surface area contributed by atoms with E-state index in [1.54, 1.807) is 27.0 Å². The van der Waals surface area contributed by atoms with Gasteiger partial charge in [-0.25, -0.2) is 0 Å². The van der Waals surface area contributed by atoms with E-state index in [9.17, 15) is 34.8 Å². The predicted molar refractivity (Wildman–Crippen MR) is 177 cm³/mol. The molecule has 3 aromatic carbocycles. The van der Waals surface area contributed by atoms with Crippen molar-refractivity contribution >= 4 is 17.3 Å². The van der Waals surface area contributed by atoms with Crippen molar-refractivity contribution in [2.24, 2.45) is 10.8 Å². The highest BCUT2D eigenvalue weighted by Gasteiger charge is 2.67. The lowest BCUT2D eigenvalue weighted by atomic mass is 9.48. The lowest BCUT2D eigenvalue weighted by Gasteiger charge is -2.56. The summed E-state index contributed by atoms with van der Waals surface area (Å²) in [7, 11) is 1.58. The van der Waals surface area contributed by atoms with Gasteiger partial charge in [0, 0.05) is 28.4 Å². The number of aryl methyl sites for hydroxylation is 2. The highest BCUT2D eigenvalue weighted by molar-refractivity contribution is 6.25. The van der Waals surface area contributed by atoms with Crippen LogP contribution in [0, 0.1) is 10.8 Å². The summed E-state index contributed by atoms with van der Waals surface area (Å²) in [6.45, 7) is 4.45. The lowest BCUT2D eigenvalue weighted by molar-refractivity contribution is -0.158. The molecule has 6 rings (SSSR count). The lowest BCUT2D eigenvalue weighted by Crippen LogP contribution is -2.63. The maximum absolute atomic E-state index is 14.3. The first-order valence-electron chi connectivity index (χ1n) is 16.0. The summed E-state index contributed by atoms with van der Waals surface area (Å²) < 4.78 is 5.76. The summed E-state index contributed by atoms with van der Waals surface area (Å²) >= 11 is 0. The van der Waals surface area contributed by atoms with Gasteiger partial charge in [-0.05, 0) is 85.9 Å². The second-order valence-corrected chi connectivity index (χ2v) is 13.8. The third-order valence-corrected chi connectivity index (χ3v) is 10.5. The number of aliphatic hydroxyl groups excluding tert-OH is 2. The zero-order valence-corrected chi connectivity index (χ0v) is 27.1. The van der Waals surface area contributed by atoms with Crippen molar-refractivity contribution in [1.82, 2.24) is 0 Å². The first kappa shape index (κ1) is 32.3. The SMILES string of the molecule is COc1ccc(CCCCc2ccccc2)cc1-c1ccc(O)c2c1C[C@]1(C)C[C@]3(C)CC(O)=C(C(C)=O)C(=O)[C@]3(O)C(O)=C1C2=O.